The first-order valence-electron chi connectivity index (χ1n) is 19.3. The van der Waals surface area contributed by atoms with E-state index in [-0.39, 0.29) is 0 Å². The Morgan fingerprint density at radius 3 is 2.04 bits per heavy atom. The Hall–Kier alpha value is -6.95. The third-order valence-electron chi connectivity index (χ3n) is 10.3. The van der Waals surface area contributed by atoms with Gasteiger partial charge in [-0.25, -0.2) is 0 Å². The molecule has 0 bridgehead atoms. The van der Waals surface area contributed by atoms with Crippen LogP contribution in [0.25, 0.3) is 55.3 Å². The zero-order valence-corrected chi connectivity index (χ0v) is 31.9. The fourth-order valence-electron chi connectivity index (χ4n) is 7.60. The molecule has 0 amide bonds. The fourth-order valence-corrected chi connectivity index (χ4v) is 7.60. The first-order valence-corrected chi connectivity index (χ1v) is 19.3. The molecule has 0 radical (unpaired) electrons. The molecule has 2 nitrogen and oxygen atoms in total. The third kappa shape index (κ3) is 7.67. The Morgan fingerprint density at radius 1 is 0.625 bits per heavy atom. The molecule has 0 fully saturated rings. The van der Waals surface area contributed by atoms with Gasteiger partial charge in [0.1, 0.15) is 11.5 Å². The van der Waals surface area contributed by atoms with Crippen molar-refractivity contribution in [2.75, 3.05) is 0 Å². The molecule has 0 saturated carbocycles. The van der Waals surface area contributed by atoms with Gasteiger partial charge in [-0.2, -0.15) is 0 Å². The van der Waals surface area contributed by atoms with Crippen molar-refractivity contribution in [2.45, 2.75) is 33.2 Å². The third-order valence-corrected chi connectivity index (χ3v) is 10.3. The van der Waals surface area contributed by atoms with Crippen molar-refractivity contribution in [1.29, 1.82) is 0 Å². The summed E-state index contributed by atoms with van der Waals surface area (Å²) in [6.45, 7) is 4.34. The minimum Gasteiger partial charge on any atom is -0.454 e. The number of terminal acetylenes is 1. The summed E-state index contributed by atoms with van der Waals surface area (Å²) in [6, 6.07) is 58.6. The molecule has 1 aliphatic carbocycles. The van der Waals surface area contributed by atoms with Crippen LogP contribution in [-0.2, 0) is 6.54 Å². The minimum absolute atomic E-state index is 0.540. The maximum Gasteiger partial charge on any atom is 0.156 e. The van der Waals surface area contributed by atoms with E-state index in [1.165, 1.54) is 55.3 Å². The molecule has 270 valence electrons. The Kier molecular flexibility index (Phi) is 10.7. The molecule has 0 atom stereocenters. The molecule has 9 rings (SSSR count). The SMILES string of the molecule is C#CC.C/C(=C1/Oc2ccccc2C1=NCc1cccc(-c2cccc(-c3cc(C4=CCCC=C4)cc(-c4ccccc4)c3)c2)c1)c1cccc2ccccc12. The van der Waals surface area contributed by atoms with Crippen LogP contribution in [0.3, 0.4) is 0 Å². The molecule has 1 aliphatic heterocycles. The molecular weight excluding hydrogens is 679 g/mol. The molecule has 7 aromatic rings. The highest BCUT2D eigenvalue weighted by Crippen LogP contribution is 2.38. The van der Waals surface area contributed by atoms with Gasteiger partial charge in [0.05, 0.1) is 6.54 Å². The van der Waals surface area contributed by atoms with E-state index in [0.717, 1.165) is 52.3 Å². The monoisotopic (exact) mass is 721 g/mol. The number of aliphatic imine (C=N–C) groups is 1. The van der Waals surface area contributed by atoms with Gasteiger partial charge in [0, 0.05) is 11.1 Å². The van der Waals surface area contributed by atoms with Gasteiger partial charge in [-0.05, 0) is 136 Å². The number of fused-ring (bicyclic) bond motifs is 2. The van der Waals surface area contributed by atoms with Crippen LogP contribution in [0.15, 0.2) is 193 Å². The van der Waals surface area contributed by atoms with E-state index in [1.807, 2.05) is 12.1 Å². The fraction of sp³-hybridized carbons (Fsp3) is 0.0926. The predicted octanol–water partition coefficient (Wildman–Crippen LogP) is 14.0. The van der Waals surface area contributed by atoms with Gasteiger partial charge in [0.25, 0.3) is 0 Å². The molecule has 0 N–H and O–H groups in total. The molecule has 1 heterocycles. The first-order chi connectivity index (χ1) is 27.6. The number of para-hydroxylation sites is 1. The molecule has 56 heavy (non-hydrogen) atoms. The second kappa shape index (κ2) is 16.6. The van der Waals surface area contributed by atoms with Crippen LogP contribution in [0.4, 0.5) is 0 Å². The zero-order chi connectivity index (χ0) is 38.3. The lowest BCUT2D eigenvalue weighted by Crippen LogP contribution is -2.05. The first kappa shape index (κ1) is 36.0. The minimum atomic E-state index is 0.540. The Labute approximate surface area is 330 Å². The van der Waals surface area contributed by atoms with Crippen molar-refractivity contribution < 1.29 is 4.74 Å². The maximum absolute atomic E-state index is 6.55. The summed E-state index contributed by atoms with van der Waals surface area (Å²) < 4.78 is 6.55. The number of hydrogen-bond donors (Lipinski definition) is 0. The van der Waals surface area contributed by atoms with E-state index in [9.17, 15) is 0 Å². The highest BCUT2D eigenvalue weighted by Gasteiger charge is 2.27. The maximum atomic E-state index is 6.55. The van der Waals surface area contributed by atoms with Crippen LogP contribution in [0.2, 0.25) is 0 Å². The second-order valence-corrected chi connectivity index (χ2v) is 14.1. The lowest BCUT2D eigenvalue weighted by Gasteiger charge is -2.14. The molecule has 2 aliphatic rings. The van der Waals surface area contributed by atoms with Crippen molar-refractivity contribution in [3.05, 3.63) is 210 Å². The number of ether oxygens (including phenoxy) is 1. The lowest BCUT2D eigenvalue weighted by atomic mass is 9.90. The van der Waals surface area contributed by atoms with E-state index in [0.29, 0.717) is 6.54 Å². The summed E-state index contributed by atoms with van der Waals surface area (Å²) in [7, 11) is 0. The zero-order valence-electron chi connectivity index (χ0n) is 31.9. The average molecular weight is 722 g/mol. The molecule has 7 aromatic carbocycles. The molecule has 0 spiro atoms. The largest absolute Gasteiger partial charge is 0.454 e. The van der Waals surface area contributed by atoms with Gasteiger partial charge in [0.2, 0.25) is 0 Å². The predicted molar refractivity (Wildman–Crippen MR) is 237 cm³/mol. The molecule has 2 heteroatoms. The number of benzene rings is 7. The summed E-state index contributed by atoms with van der Waals surface area (Å²) in [5.41, 5.74) is 15.1. The van der Waals surface area contributed by atoms with Gasteiger partial charge >= 0.3 is 0 Å². The number of allylic oxidation sites excluding steroid dienone is 6. The van der Waals surface area contributed by atoms with Crippen LogP contribution in [-0.4, -0.2) is 5.71 Å². The summed E-state index contributed by atoms with van der Waals surface area (Å²) in [6.07, 6.45) is 13.7. The number of nitrogens with zero attached hydrogens (tertiary/aromatic N) is 1. The van der Waals surface area contributed by atoms with Crippen molar-refractivity contribution in [2.24, 2.45) is 4.99 Å². The van der Waals surface area contributed by atoms with E-state index in [4.69, 9.17) is 9.73 Å². The summed E-state index contributed by atoms with van der Waals surface area (Å²) in [5, 5.41) is 2.42. The normalized spacial score (nSPS) is 14.6. The van der Waals surface area contributed by atoms with Gasteiger partial charge in [-0.15, -0.1) is 12.3 Å². The summed E-state index contributed by atoms with van der Waals surface area (Å²) in [4.78, 5) is 5.26. The topological polar surface area (TPSA) is 21.6 Å². The Bertz CT molecular complexity index is 2710. The van der Waals surface area contributed by atoms with Gasteiger partial charge < -0.3 is 4.74 Å². The number of hydrogen-bond acceptors (Lipinski definition) is 2. The van der Waals surface area contributed by atoms with E-state index in [1.54, 1.807) is 6.92 Å². The second-order valence-electron chi connectivity index (χ2n) is 14.1. The van der Waals surface area contributed by atoms with Gasteiger partial charge in [0.15, 0.2) is 5.76 Å². The van der Waals surface area contributed by atoms with E-state index in [2.05, 4.69) is 189 Å². The van der Waals surface area contributed by atoms with E-state index >= 15 is 0 Å². The van der Waals surface area contributed by atoms with Crippen LogP contribution >= 0.6 is 0 Å². The van der Waals surface area contributed by atoms with Crippen molar-refractivity contribution >= 4 is 27.6 Å². The lowest BCUT2D eigenvalue weighted by molar-refractivity contribution is 0.470. The Balaban J connectivity index is 0.00000143. The smallest absolute Gasteiger partial charge is 0.156 e. The van der Waals surface area contributed by atoms with Crippen LogP contribution in [0.1, 0.15) is 48.9 Å². The van der Waals surface area contributed by atoms with Crippen LogP contribution in [0, 0.1) is 12.3 Å². The average Bonchev–Trinajstić information content (AvgIpc) is 3.64. The van der Waals surface area contributed by atoms with Gasteiger partial charge in [-0.3, -0.25) is 4.99 Å². The van der Waals surface area contributed by atoms with Gasteiger partial charge in [-0.1, -0.05) is 140 Å². The summed E-state index contributed by atoms with van der Waals surface area (Å²) >= 11 is 0. The standard InChI is InChI=1S/C51H39NO.C3H4/c1-35(46-27-14-21-39-20-8-9-25-47(39)46)51-50(48-26-10-11-28-49(48)53-51)52-34-36-15-12-22-40(29-36)41-23-13-24-42(30-41)45-32-43(37-16-4-2-5-17-37)31-44(33-45)38-18-6-3-7-19-38;1-3-2/h2,4-6,8-33H,3,7,34H2,1H3;1H,2H3/b51-35-,52-50?;. The quantitative estimate of drug-likeness (QED) is 0.150. The van der Waals surface area contributed by atoms with Crippen molar-refractivity contribution in [3.63, 3.8) is 0 Å². The number of rotatable bonds is 7. The van der Waals surface area contributed by atoms with Crippen molar-refractivity contribution in [3.8, 4) is 51.5 Å². The van der Waals surface area contributed by atoms with Crippen molar-refractivity contribution in [1.82, 2.24) is 0 Å². The Morgan fingerprint density at radius 2 is 1.23 bits per heavy atom. The highest BCUT2D eigenvalue weighted by molar-refractivity contribution is 6.20. The summed E-state index contributed by atoms with van der Waals surface area (Å²) in [5.74, 6) is 3.92. The molecular formula is C54H43NO. The van der Waals surface area contributed by atoms with Crippen LogP contribution in [0.5, 0.6) is 5.75 Å². The van der Waals surface area contributed by atoms with Crippen LogP contribution < -0.4 is 4.74 Å². The molecule has 0 saturated heterocycles. The highest BCUT2D eigenvalue weighted by atomic mass is 16.5. The van der Waals surface area contributed by atoms with E-state index < -0.39 is 0 Å². The molecule has 0 aromatic heterocycles. The molecule has 0 unspecified atom stereocenters.